The van der Waals surface area contributed by atoms with E-state index in [-0.39, 0.29) is 0 Å². The molecule has 0 bridgehead atoms. The van der Waals surface area contributed by atoms with Gasteiger partial charge in [-0.25, -0.2) is 13.6 Å². The minimum Gasteiger partial charge on any atom is -0.497 e. The first-order valence-corrected chi connectivity index (χ1v) is 5.13. The van der Waals surface area contributed by atoms with Crippen LogP contribution in [0.1, 0.15) is 18.4 Å². The number of carbonyl (C=O) groups excluding carboxylic acids is 1. The number of benzene rings is 1. The summed E-state index contributed by atoms with van der Waals surface area (Å²) in [5.74, 6) is -2.12. The van der Waals surface area contributed by atoms with Crippen molar-refractivity contribution in [3.63, 3.8) is 0 Å². The second-order valence-corrected chi connectivity index (χ2v) is 4.17. The highest BCUT2D eigenvalue weighted by atomic mass is 19.3. The predicted octanol–water partition coefficient (Wildman–Crippen LogP) is 2.66. The van der Waals surface area contributed by atoms with Gasteiger partial charge in [0.05, 0.1) is 7.11 Å². The third-order valence-corrected chi connectivity index (χ3v) is 2.99. The highest BCUT2D eigenvalue weighted by Gasteiger charge is 2.58. The molecule has 0 spiro atoms. The lowest BCUT2D eigenvalue weighted by molar-refractivity contribution is -0.124. The lowest BCUT2D eigenvalue weighted by atomic mass is 9.69. The molecule has 0 atom stereocenters. The zero-order chi connectivity index (χ0) is 12.5. The number of isocyanates is 1. The molecule has 0 aromatic heterocycles. The predicted molar refractivity (Wildman–Crippen MR) is 57.0 cm³/mol. The highest BCUT2D eigenvalue weighted by molar-refractivity contribution is 5.42. The largest absolute Gasteiger partial charge is 0.497 e. The van der Waals surface area contributed by atoms with Gasteiger partial charge in [-0.15, -0.1) is 0 Å². The van der Waals surface area contributed by atoms with Crippen molar-refractivity contribution in [1.29, 1.82) is 0 Å². The average Bonchev–Trinajstić information content (AvgIpc) is 2.27. The van der Waals surface area contributed by atoms with E-state index in [4.69, 9.17) is 4.74 Å². The van der Waals surface area contributed by atoms with Crippen molar-refractivity contribution in [1.82, 2.24) is 0 Å². The van der Waals surface area contributed by atoms with Gasteiger partial charge in [-0.05, 0) is 17.7 Å². The molecule has 0 heterocycles. The third kappa shape index (κ3) is 2.06. The van der Waals surface area contributed by atoms with Crippen LogP contribution in [0.2, 0.25) is 0 Å². The van der Waals surface area contributed by atoms with Gasteiger partial charge in [-0.2, -0.15) is 4.99 Å². The lowest BCUT2D eigenvalue weighted by Gasteiger charge is -2.43. The molecular weight excluding hydrogens is 228 g/mol. The van der Waals surface area contributed by atoms with Crippen LogP contribution in [0.15, 0.2) is 29.3 Å². The Hall–Kier alpha value is -1.74. The topological polar surface area (TPSA) is 38.7 Å². The molecule has 0 aliphatic heterocycles. The molecule has 1 aromatic carbocycles. The van der Waals surface area contributed by atoms with Crippen LogP contribution in [-0.2, 0) is 10.3 Å². The maximum atomic E-state index is 13.0. The summed E-state index contributed by atoms with van der Waals surface area (Å²) >= 11 is 0. The highest BCUT2D eigenvalue weighted by Crippen LogP contribution is 2.54. The maximum absolute atomic E-state index is 13.0. The van der Waals surface area contributed by atoms with Crippen molar-refractivity contribution in [2.45, 2.75) is 24.3 Å². The first-order valence-electron chi connectivity index (χ1n) is 5.13. The second-order valence-electron chi connectivity index (χ2n) is 4.17. The second kappa shape index (κ2) is 3.93. The number of alkyl halides is 2. The summed E-state index contributed by atoms with van der Waals surface area (Å²) in [6.07, 6.45) is 0.500. The molecule has 0 saturated heterocycles. The van der Waals surface area contributed by atoms with Crippen molar-refractivity contribution < 1.29 is 18.3 Å². The van der Waals surface area contributed by atoms with E-state index in [1.165, 1.54) is 13.2 Å². The van der Waals surface area contributed by atoms with E-state index < -0.39 is 24.3 Å². The maximum Gasteiger partial charge on any atom is 0.253 e. The lowest BCUT2D eigenvalue weighted by Crippen LogP contribution is -2.48. The molecule has 3 nitrogen and oxygen atoms in total. The molecule has 17 heavy (non-hydrogen) atoms. The van der Waals surface area contributed by atoms with Crippen LogP contribution in [-0.4, -0.2) is 19.1 Å². The molecule has 0 N–H and O–H groups in total. The van der Waals surface area contributed by atoms with Gasteiger partial charge in [-0.1, -0.05) is 12.1 Å². The number of nitrogens with zero attached hydrogens (tertiary/aromatic N) is 1. The minimum absolute atomic E-state index is 0.443. The van der Waals surface area contributed by atoms with Crippen molar-refractivity contribution >= 4 is 6.08 Å². The summed E-state index contributed by atoms with van der Waals surface area (Å²) in [4.78, 5) is 13.9. The van der Waals surface area contributed by atoms with Gasteiger partial charge in [0, 0.05) is 12.8 Å². The molecule has 0 amide bonds. The molecule has 90 valence electrons. The Morgan fingerprint density at radius 3 is 2.29 bits per heavy atom. The Labute approximate surface area is 97.1 Å². The van der Waals surface area contributed by atoms with Crippen LogP contribution in [0.4, 0.5) is 8.78 Å². The van der Waals surface area contributed by atoms with Crippen LogP contribution >= 0.6 is 0 Å². The number of halogens is 2. The monoisotopic (exact) mass is 239 g/mol. The molecule has 2 rings (SSSR count). The van der Waals surface area contributed by atoms with Gasteiger partial charge >= 0.3 is 0 Å². The van der Waals surface area contributed by atoms with Crippen LogP contribution in [0.3, 0.4) is 0 Å². The Balaban J connectivity index is 2.31. The fraction of sp³-hybridized carbons (Fsp3) is 0.417. The zero-order valence-electron chi connectivity index (χ0n) is 9.24. The van der Waals surface area contributed by atoms with Gasteiger partial charge in [0.15, 0.2) is 0 Å². The number of aliphatic imine (C=N–C) groups is 1. The van der Waals surface area contributed by atoms with Gasteiger partial charge < -0.3 is 4.74 Å². The van der Waals surface area contributed by atoms with Crippen LogP contribution in [0.5, 0.6) is 5.75 Å². The minimum atomic E-state index is -2.75. The van der Waals surface area contributed by atoms with Crippen molar-refractivity contribution in [3.8, 4) is 5.75 Å². The van der Waals surface area contributed by atoms with Crippen LogP contribution in [0, 0.1) is 0 Å². The van der Waals surface area contributed by atoms with E-state index in [1.807, 2.05) is 0 Å². The van der Waals surface area contributed by atoms with E-state index in [2.05, 4.69) is 4.99 Å². The standard InChI is InChI=1S/C12H11F2NO2/c1-17-10-4-2-9(3-5-10)11(15-8-16)6-12(13,14)7-11/h2-5H,6-7H2,1H3. The van der Waals surface area contributed by atoms with Gasteiger partial charge in [0.1, 0.15) is 11.3 Å². The molecule has 0 unspecified atom stereocenters. The Bertz CT molecular complexity index is 456. The summed E-state index contributed by atoms with van der Waals surface area (Å²) in [7, 11) is 1.52. The summed E-state index contributed by atoms with van der Waals surface area (Å²) in [5, 5.41) is 0. The third-order valence-electron chi connectivity index (χ3n) is 2.99. The average molecular weight is 239 g/mol. The molecular formula is C12H11F2NO2. The quantitative estimate of drug-likeness (QED) is 0.600. The van der Waals surface area contributed by atoms with Gasteiger partial charge in [0.25, 0.3) is 5.92 Å². The number of hydrogen-bond acceptors (Lipinski definition) is 3. The summed E-state index contributed by atoms with van der Waals surface area (Å²) in [5.41, 5.74) is -0.523. The zero-order valence-corrected chi connectivity index (χ0v) is 9.24. The summed E-state index contributed by atoms with van der Waals surface area (Å²) < 4.78 is 30.9. The van der Waals surface area contributed by atoms with Crippen molar-refractivity contribution in [3.05, 3.63) is 29.8 Å². The van der Waals surface area contributed by atoms with Crippen molar-refractivity contribution in [2.75, 3.05) is 7.11 Å². The first-order chi connectivity index (χ1) is 8.01. The van der Waals surface area contributed by atoms with Crippen molar-refractivity contribution in [2.24, 2.45) is 4.99 Å². The fourth-order valence-electron chi connectivity index (χ4n) is 2.14. The smallest absolute Gasteiger partial charge is 0.253 e. The van der Waals surface area contributed by atoms with Crippen LogP contribution < -0.4 is 4.74 Å². The normalized spacial score (nSPS) is 19.9. The number of hydrogen-bond donors (Lipinski definition) is 0. The molecule has 1 aliphatic carbocycles. The van der Waals surface area contributed by atoms with Gasteiger partial charge in [-0.3, -0.25) is 0 Å². The van der Waals surface area contributed by atoms with E-state index in [9.17, 15) is 13.6 Å². The summed E-state index contributed by atoms with van der Waals surface area (Å²) in [6, 6.07) is 6.62. The van der Waals surface area contributed by atoms with E-state index in [0.717, 1.165) is 0 Å². The SMILES string of the molecule is COc1ccc(C2(N=C=O)CC(F)(F)C2)cc1. The Kier molecular flexibility index (Phi) is 2.71. The number of ether oxygens (including phenoxy) is 1. The van der Waals surface area contributed by atoms with E-state index >= 15 is 0 Å². The number of rotatable bonds is 3. The molecule has 1 aliphatic rings. The van der Waals surface area contributed by atoms with E-state index in [1.54, 1.807) is 24.3 Å². The Morgan fingerprint density at radius 1 is 1.29 bits per heavy atom. The Morgan fingerprint density at radius 2 is 1.88 bits per heavy atom. The molecule has 5 heteroatoms. The number of methoxy groups -OCH3 is 1. The molecule has 1 aromatic rings. The summed E-state index contributed by atoms with van der Waals surface area (Å²) in [6.45, 7) is 0. The van der Waals surface area contributed by atoms with Crippen LogP contribution in [0.25, 0.3) is 0 Å². The molecule has 0 radical (unpaired) electrons. The van der Waals surface area contributed by atoms with E-state index in [0.29, 0.717) is 11.3 Å². The van der Waals surface area contributed by atoms with Gasteiger partial charge in [0.2, 0.25) is 6.08 Å². The fourth-order valence-corrected chi connectivity index (χ4v) is 2.14. The molecule has 1 fully saturated rings. The molecule has 1 saturated carbocycles. The first kappa shape index (κ1) is 11.7.